The molecule has 118 valence electrons. The minimum atomic E-state index is -3.90. The molecule has 0 radical (unpaired) electrons. The first kappa shape index (κ1) is 16.4. The second-order valence-corrected chi connectivity index (χ2v) is 10.4. The van der Waals surface area contributed by atoms with Crippen LogP contribution in [0.3, 0.4) is 0 Å². The van der Waals surface area contributed by atoms with Gasteiger partial charge in [-0.2, -0.15) is 4.31 Å². The van der Waals surface area contributed by atoms with E-state index in [0.29, 0.717) is 4.88 Å². The number of sulfone groups is 1. The highest BCUT2D eigenvalue weighted by Gasteiger charge is 2.37. The zero-order valence-corrected chi connectivity index (χ0v) is 13.9. The SMILES string of the molecule is Cc1sc(C(=O)O)cc1S(=O)(=O)N(C)C1CCS(=O)(=O)C1. The summed E-state index contributed by atoms with van der Waals surface area (Å²) >= 11 is 0.885. The second kappa shape index (κ2) is 5.34. The number of aromatic carboxylic acids is 1. The normalized spacial score (nSPS) is 21.8. The predicted octanol–water partition coefficient (Wildman–Crippen LogP) is 0.562. The maximum absolute atomic E-state index is 12.5. The first-order valence-electron chi connectivity index (χ1n) is 6.07. The first-order valence-corrected chi connectivity index (χ1v) is 10.1. The quantitative estimate of drug-likeness (QED) is 0.847. The summed E-state index contributed by atoms with van der Waals surface area (Å²) in [6, 6.07) is 0.519. The molecular formula is C11H15NO6S3. The third kappa shape index (κ3) is 3.12. The molecule has 1 aromatic rings. The van der Waals surface area contributed by atoms with E-state index in [1.807, 2.05) is 0 Å². The standard InChI is InChI=1S/C11H15NO6S3/c1-7-10(5-9(19-7)11(13)14)21(17,18)12(2)8-3-4-20(15,16)6-8/h5,8H,3-4,6H2,1-2H3,(H,13,14). The van der Waals surface area contributed by atoms with E-state index in [0.717, 1.165) is 21.7 Å². The molecule has 21 heavy (non-hydrogen) atoms. The van der Waals surface area contributed by atoms with Gasteiger partial charge in [0, 0.05) is 18.0 Å². The van der Waals surface area contributed by atoms with Crippen molar-refractivity contribution < 1.29 is 26.7 Å². The summed E-state index contributed by atoms with van der Waals surface area (Å²) < 4.78 is 49.0. The van der Waals surface area contributed by atoms with Gasteiger partial charge in [0.25, 0.3) is 0 Å². The van der Waals surface area contributed by atoms with Crippen LogP contribution in [0.4, 0.5) is 0 Å². The van der Waals surface area contributed by atoms with Gasteiger partial charge in [-0.1, -0.05) is 0 Å². The summed E-state index contributed by atoms with van der Waals surface area (Å²) in [6.07, 6.45) is 0.257. The number of nitrogens with zero attached hydrogens (tertiary/aromatic N) is 1. The van der Waals surface area contributed by atoms with Crippen molar-refractivity contribution in [3.63, 3.8) is 0 Å². The largest absolute Gasteiger partial charge is 0.477 e. The molecule has 0 spiro atoms. The Kier molecular flexibility index (Phi) is 4.17. The summed E-state index contributed by atoms with van der Waals surface area (Å²) in [7, 11) is -5.77. The Balaban J connectivity index is 2.36. The maximum Gasteiger partial charge on any atom is 0.345 e. The minimum Gasteiger partial charge on any atom is -0.477 e. The number of rotatable bonds is 4. The van der Waals surface area contributed by atoms with E-state index in [9.17, 15) is 21.6 Å². The highest BCUT2D eigenvalue weighted by molar-refractivity contribution is 7.92. The Hall–Kier alpha value is -0.970. The zero-order chi connectivity index (χ0) is 16.0. The maximum atomic E-state index is 12.5. The lowest BCUT2D eigenvalue weighted by Crippen LogP contribution is -2.37. The molecule has 1 saturated heterocycles. The molecule has 1 aliphatic heterocycles. The second-order valence-electron chi connectivity index (χ2n) is 4.91. The van der Waals surface area contributed by atoms with Crippen molar-refractivity contribution in [3.8, 4) is 0 Å². The third-order valence-corrected chi connectivity index (χ3v) is 8.42. The molecule has 1 fully saturated rings. The zero-order valence-electron chi connectivity index (χ0n) is 11.4. The lowest BCUT2D eigenvalue weighted by Gasteiger charge is -2.22. The molecule has 2 rings (SSSR count). The van der Waals surface area contributed by atoms with E-state index in [2.05, 4.69) is 0 Å². The number of hydrogen-bond acceptors (Lipinski definition) is 6. The Morgan fingerprint density at radius 1 is 1.48 bits per heavy atom. The molecule has 0 bridgehead atoms. The molecule has 10 heteroatoms. The van der Waals surface area contributed by atoms with Crippen LogP contribution in [-0.4, -0.2) is 56.8 Å². The van der Waals surface area contributed by atoms with Crippen molar-refractivity contribution in [1.29, 1.82) is 0 Å². The van der Waals surface area contributed by atoms with Crippen LogP contribution in [-0.2, 0) is 19.9 Å². The van der Waals surface area contributed by atoms with E-state index in [1.165, 1.54) is 14.0 Å². The number of carbonyl (C=O) groups is 1. The van der Waals surface area contributed by atoms with Crippen LogP contribution in [0.15, 0.2) is 11.0 Å². The summed E-state index contributed by atoms with van der Waals surface area (Å²) in [5, 5.41) is 8.93. The number of hydrogen-bond donors (Lipinski definition) is 1. The van der Waals surface area contributed by atoms with Gasteiger partial charge in [-0.05, 0) is 19.4 Å². The van der Waals surface area contributed by atoms with Gasteiger partial charge in [-0.25, -0.2) is 21.6 Å². The van der Waals surface area contributed by atoms with Gasteiger partial charge in [0.2, 0.25) is 10.0 Å². The minimum absolute atomic E-state index is 0.0273. The fourth-order valence-corrected chi connectivity index (χ4v) is 6.89. The van der Waals surface area contributed by atoms with Gasteiger partial charge in [0.1, 0.15) is 4.88 Å². The van der Waals surface area contributed by atoms with Gasteiger partial charge < -0.3 is 5.11 Å². The van der Waals surface area contributed by atoms with Crippen LogP contribution in [0, 0.1) is 6.92 Å². The molecule has 1 N–H and O–H groups in total. The number of carboxylic acids is 1. The summed E-state index contributed by atoms with van der Waals surface area (Å²) in [5.74, 6) is -1.41. The smallest absolute Gasteiger partial charge is 0.345 e. The van der Waals surface area contributed by atoms with Crippen LogP contribution in [0.1, 0.15) is 21.0 Å². The van der Waals surface area contributed by atoms with Gasteiger partial charge in [-0.15, -0.1) is 11.3 Å². The number of sulfonamides is 1. The van der Waals surface area contributed by atoms with E-state index in [-0.39, 0.29) is 27.7 Å². The monoisotopic (exact) mass is 353 g/mol. The Morgan fingerprint density at radius 2 is 2.10 bits per heavy atom. The lowest BCUT2D eigenvalue weighted by atomic mass is 10.3. The highest BCUT2D eigenvalue weighted by atomic mass is 32.2. The van der Waals surface area contributed by atoms with Crippen molar-refractivity contribution in [1.82, 2.24) is 4.31 Å². The van der Waals surface area contributed by atoms with Crippen LogP contribution < -0.4 is 0 Å². The molecule has 0 aliphatic carbocycles. The average molecular weight is 353 g/mol. The van der Waals surface area contributed by atoms with E-state index < -0.39 is 31.9 Å². The highest BCUT2D eigenvalue weighted by Crippen LogP contribution is 2.30. The summed E-state index contributed by atoms with van der Waals surface area (Å²) in [5.41, 5.74) is 0. The Labute approximate surface area is 127 Å². The fourth-order valence-electron chi connectivity index (χ4n) is 2.24. The van der Waals surface area contributed by atoms with E-state index in [4.69, 9.17) is 5.11 Å². The number of aryl methyl sites for hydroxylation is 1. The first-order chi connectivity index (χ1) is 9.54. The molecule has 0 amide bonds. The van der Waals surface area contributed by atoms with Crippen LogP contribution >= 0.6 is 11.3 Å². The van der Waals surface area contributed by atoms with Gasteiger partial charge in [0.15, 0.2) is 9.84 Å². The predicted molar refractivity (Wildman–Crippen MR) is 78.0 cm³/mol. The molecule has 2 heterocycles. The van der Waals surface area contributed by atoms with Gasteiger partial charge in [-0.3, -0.25) is 0 Å². The molecule has 0 aromatic carbocycles. The summed E-state index contributed by atoms with van der Waals surface area (Å²) in [6.45, 7) is 1.53. The molecule has 0 saturated carbocycles. The number of thiophene rings is 1. The molecule has 1 aliphatic rings. The van der Waals surface area contributed by atoms with Gasteiger partial charge in [0.05, 0.1) is 16.4 Å². The van der Waals surface area contributed by atoms with E-state index >= 15 is 0 Å². The molecule has 1 aromatic heterocycles. The van der Waals surface area contributed by atoms with Crippen molar-refractivity contribution in [3.05, 3.63) is 15.8 Å². The average Bonchev–Trinajstić information content (AvgIpc) is 2.91. The summed E-state index contributed by atoms with van der Waals surface area (Å²) in [4.78, 5) is 11.2. The molecule has 1 unspecified atom stereocenters. The van der Waals surface area contributed by atoms with Crippen molar-refractivity contribution in [2.24, 2.45) is 0 Å². The Bertz CT molecular complexity index is 777. The van der Waals surface area contributed by atoms with Crippen molar-refractivity contribution in [2.45, 2.75) is 24.3 Å². The topological polar surface area (TPSA) is 109 Å². The van der Waals surface area contributed by atoms with Crippen molar-refractivity contribution >= 4 is 37.2 Å². The lowest BCUT2D eigenvalue weighted by molar-refractivity contribution is 0.0702. The number of carboxylic acid groups (broad SMARTS) is 1. The fraction of sp³-hybridized carbons (Fsp3) is 0.545. The van der Waals surface area contributed by atoms with Crippen LogP contribution in [0.2, 0.25) is 0 Å². The van der Waals surface area contributed by atoms with Crippen molar-refractivity contribution in [2.75, 3.05) is 18.6 Å². The third-order valence-electron chi connectivity index (χ3n) is 3.46. The Morgan fingerprint density at radius 3 is 2.52 bits per heavy atom. The van der Waals surface area contributed by atoms with Crippen LogP contribution in [0.25, 0.3) is 0 Å². The van der Waals surface area contributed by atoms with Gasteiger partial charge >= 0.3 is 5.97 Å². The van der Waals surface area contributed by atoms with Crippen LogP contribution in [0.5, 0.6) is 0 Å². The molecule has 1 atom stereocenters. The van der Waals surface area contributed by atoms with E-state index in [1.54, 1.807) is 0 Å². The molecule has 7 nitrogen and oxygen atoms in total. The molecular weight excluding hydrogens is 338 g/mol.